The highest BCUT2D eigenvalue weighted by Crippen LogP contribution is 2.39. The molecule has 110 valence electrons. The fraction of sp³-hybridized carbons (Fsp3) is 0.368. The van der Waals surface area contributed by atoms with Crippen molar-refractivity contribution in [2.24, 2.45) is 0 Å². The molecule has 3 rings (SSSR count). The molecule has 1 atom stereocenters. The monoisotopic (exact) mass is 299 g/mol. The Kier molecular flexibility index (Phi) is 4.62. The van der Waals surface area contributed by atoms with Crippen LogP contribution in [0.3, 0.4) is 0 Å². The second-order valence-corrected chi connectivity index (χ2v) is 6.56. The molecule has 0 heterocycles. The highest BCUT2D eigenvalue weighted by atomic mass is 35.5. The van der Waals surface area contributed by atoms with Gasteiger partial charge in [-0.05, 0) is 60.9 Å². The average molecular weight is 300 g/mol. The van der Waals surface area contributed by atoms with Crippen LogP contribution >= 0.6 is 11.6 Å². The zero-order valence-corrected chi connectivity index (χ0v) is 13.2. The predicted molar refractivity (Wildman–Crippen MR) is 89.9 cm³/mol. The molecule has 2 heteroatoms. The summed E-state index contributed by atoms with van der Waals surface area (Å²) in [5.41, 5.74) is 4.19. The number of hydrogen-bond acceptors (Lipinski definition) is 1. The molecule has 0 radical (unpaired) electrons. The molecule has 0 amide bonds. The minimum absolute atomic E-state index is 0.453. The highest BCUT2D eigenvalue weighted by Gasteiger charge is 2.22. The molecule has 1 unspecified atom stereocenters. The second kappa shape index (κ2) is 6.64. The van der Waals surface area contributed by atoms with Gasteiger partial charge in [0.05, 0.1) is 0 Å². The van der Waals surface area contributed by atoms with Crippen molar-refractivity contribution < 1.29 is 0 Å². The van der Waals surface area contributed by atoms with Crippen molar-refractivity contribution in [3.8, 4) is 0 Å². The van der Waals surface area contributed by atoms with Gasteiger partial charge in [0.15, 0.2) is 0 Å². The molecule has 0 aliphatic heterocycles. The maximum absolute atomic E-state index is 5.91. The molecule has 1 N–H and O–H groups in total. The van der Waals surface area contributed by atoms with Crippen LogP contribution < -0.4 is 5.32 Å². The molecule has 0 bridgehead atoms. The third-order valence-corrected chi connectivity index (χ3v) is 4.39. The lowest BCUT2D eigenvalue weighted by atomic mass is 10.1. The van der Waals surface area contributed by atoms with Gasteiger partial charge in [0, 0.05) is 17.6 Å². The van der Waals surface area contributed by atoms with E-state index in [1.165, 1.54) is 29.5 Å². The van der Waals surface area contributed by atoms with Crippen LogP contribution in [0.4, 0.5) is 0 Å². The molecule has 2 aromatic rings. The Morgan fingerprint density at radius 1 is 1.00 bits per heavy atom. The van der Waals surface area contributed by atoms with Crippen LogP contribution in [0.25, 0.3) is 0 Å². The Labute approximate surface area is 132 Å². The van der Waals surface area contributed by atoms with Crippen molar-refractivity contribution in [1.29, 1.82) is 0 Å². The second-order valence-electron chi connectivity index (χ2n) is 6.13. The lowest BCUT2D eigenvalue weighted by Crippen LogP contribution is -2.27. The van der Waals surface area contributed by atoms with Crippen molar-refractivity contribution in [1.82, 2.24) is 5.32 Å². The third kappa shape index (κ3) is 4.33. The largest absolute Gasteiger partial charge is 0.310 e. The summed E-state index contributed by atoms with van der Waals surface area (Å²) in [6, 6.07) is 17.7. The van der Waals surface area contributed by atoms with Gasteiger partial charge in [0.2, 0.25) is 0 Å². The van der Waals surface area contributed by atoms with Gasteiger partial charge in [-0.3, -0.25) is 0 Å². The predicted octanol–water partition coefficient (Wildman–Crippen LogP) is 4.94. The van der Waals surface area contributed by atoms with Gasteiger partial charge >= 0.3 is 0 Å². The van der Waals surface area contributed by atoms with E-state index in [-0.39, 0.29) is 0 Å². The van der Waals surface area contributed by atoms with Gasteiger partial charge < -0.3 is 5.32 Å². The molecule has 1 fully saturated rings. The first kappa shape index (κ1) is 14.6. The maximum Gasteiger partial charge on any atom is 0.0406 e. The quantitative estimate of drug-likeness (QED) is 0.797. The Morgan fingerprint density at radius 2 is 1.62 bits per heavy atom. The Balaban J connectivity index is 1.48. The third-order valence-electron chi connectivity index (χ3n) is 4.14. The zero-order valence-electron chi connectivity index (χ0n) is 12.5. The van der Waals surface area contributed by atoms with Crippen molar-refractivity contribution in [2.45, 2.75) is 44.7 Å². The van der Waals surface area contributed by atoms with Crippen LogP contribution in [0, 0.1) is 0 Å². The minimum Gasteiger partial charge on any atom is -0.310 e. The average Bonchev–Trinajstić information content (AvgIpc) is 3.33. The van der Waals surface area contributed by atoms with E-state index in [1.807, 2.05) is 12.1 Å². The fourth-order valence-corrected chi connectivity index (χ4v) is 2.79. The van der Waals surface area contributed by atoms with Crippen molar-refractivity contribution in [3.05, 3.63) is 70.2 Å². The van der Waals surface area contributed by atoms with Crippen LogP contribution in [0.5, 0.6) is 0 Å². The molecule has 2 aromatic carbocycles. The van der Waals surface area contributed by atoms with E-state index in [9.17, 15) is 0 Å². The van der Waals surface area contributed by atoms with Crippen LogP contribution in [0.2, 0.25) is 5.02 Å². The molecular formula is C19H22ClN. The first-order chi connectivity index (χ1) is 10.2. The first-order valence-corrected chi connectivity index (χ1v) is 8.15. The van der Waals surface area contributed by atoms with E-state index < -0.39 is 0 Å². The Bertz CT molecular complexity index is 570. The van der Waals surface area contributed by atoms with E-state index in [1.54, 1.807) is 0 Å². The van der Waals surface area contributed by atoms with Crippen molar-refractivity contribution >= 4 is 11.6 Å². The molecule has 1 aliphatic carbocycles. The smallest absolute Gasteiger partial charge is 0.0406 e. The maximum atomic E-state index is 5.91. The summed E-state index contributed by atoms with van der Waals surface area (Å²) in [4.78, 5) is 0. The van der Waals surface area contributed by atoms with E-state index in [4.69, 9.17) is 11.6 Å². The van der Waals surface area contributed by atoms with Gasteiger partial charge in [0.25, 0.3) is 0 Å². The van der Waals surface area contributed by atoms with Crippen LogP contribution in [-0.4, -0.2) is 6.04 Å². The van der Waals surface area contributed by atoms with Crippen LogP contribution in [0.15, 0.2) is 48.5 Å². The first-order valence-electron chi connectivity index (χ1n) is 7.77. The number of benzene rings is 2. The standard InChI is InChI=1S/C19H22ClN/c1-14(12-15-4-10-19(20)11-5-15)21-13-16-2-6-17(7-3-16)18-8-9-18/h2-7,10-11,14,18,21H,8-9,12-13H2,1H3. The summed E-state index contributed by atoms with van der Waals surface area (Å²) in [5.74, 6) is 0.843. The number of halogens is 1. The molecule has 0 spiro atoms. The SMILES string of the molecule is CC(Cc1ccc(Cl)cc1)NCc1ccc(C2CC2)cc1. The van der Waals surface area contributed by atoms with Crippen molar-refractivity contribution in [2.75, 3.05) is 0 Å². The Hall–Kier alpha value is -1.31. The molecule has 1 saturated carbocycles. The normalized spacial score (nSPS) is 15.9. The summed E-state index contributed by atoms with van der Waals surface area (Å²) < 4.78 is 0. The van der Waals surface area contributed by atoms with Gasteiger partial charge in [0.1, 0.15) is 0 Å². The van der Waals surface area contributed by atoms with Crippen molar-refractivity contribution in [3.63, 3.8) is 0 Å². The highest BCUT2D eigenvalue weighted by molar-refractivity contribution is 6.30. The lowest BCUT2D eigenvalue weighted by Gasteiger charge is -2.14. The van der Waals surface area contributed by atoms with E-state index in [0.717, 1.165) is 23.9 Å². The number of hydrogen-bond donors (Lipinski definition) is 1. The summed E-state index contributed by atoms with van der Waals surface area (Å²) in [5, 5.41) is 4.39. The van der Waals surface area contributed by atoms with Crippen LogP contribution in [0.1, 0.15) is 42.4 Å². The molecule has 21 heavy (non-hydrogen) atoms. The fourth-order valence-electron chi connectivity index (χ4n) is 2.66. The van der Waals surface area contributed by atoms with E-state index in [2.05, 4.69) is 48.6 Å². The van der Waals surface area contributed by atoms with E-state index in [0.29, 0.717) is 6.04 Å². The van der Waals surface area contributed by atoms with Gasteiger partial charge in [-0.15, -0.1) is 0 Å². The summed E-state index contributed by atoms with van der Waals surface area (Å²) in [6.45, 7) is 3.16. The van der Waals surface area contributed by atoms with Gasteiger partial charge in [-0.2, -0.15) is 0 Å². The molecule has 0 saturated heterocycles. The Morgan fingerprint density at radius 3 is 2.24 bits per heavy atom. The minimum atomic E-state index is 0.453. The zero-order chi connectivity index (χ0) is 14.7. The molecular weight excluding hydrogens is 278 g/mol. The van der Waals surface area contributed by atoms with Gasteiger partial charge in [-0.25, -0.2) is 0 Å². The molecule has 1 nitrogen and oxygen atoms in total. The summed E-state index contributed by atoms with van der Waals surface area (Å²) >= 11 is 5.91. The van der Waals surface area contributed by atoms with Crippen LogP contribution in [-0.2, 0) is 13.0 Å². The van der Waals surface area contributed by atoms with Gasteiger partial charge in [-0.1, -0.05) is 48.0 Å². The molecule has 0 aromatic heterocycles. The number of nitrogens with one attached hydrogen (secondary N) is 1. The summed E-state index contributed by atoms with van der Waals surface area (Å²) in [7, 11) is 0. The van der Waals surface area contributed by atoms with E-state index >= 15 is 0 Å². The lowest BCUT2D eigenvalue weighted by molar-refractivity contribution is 0.545. The number of rotatable bonds is 6. The molecule has 1 aliphatic rings. The topological polar surface area (TPSA) is 12.0 Å². The summed E-state index contributed by atoms with van der Waals surface area (Å²) in [6.07, 6.45) is 3.77.